The Morgan fingerprint density at radius 1 is 0.263 bits per heavy atom. The van der Waals surface area contributed by atoms with Gasteiger partial charge < -0.3 is 14.2 Å². The molecule has 0 saturated carbocycles. The normalized spacial score (nSPS) is 12.2. The van der Waals surface area contributed by atoms with Gasteiger partial charge in [0, 0.05) is 19.3 Å². The molecule has 0 aromatic carbocycles. The fourth-order valence-corrected chi connectivity index (χ4v) is 10.2. The van der Waals surface area contributed by atoms with E-state index in [2.05, 4.69) is 57.2 Å². The van der Waals surface area contributed by atoms with Crippen molar-refractivity contribution in [1.29, 1.82) is 0 Å². The van der Waals surface area contributed by atoms with Gasteiger partial charge in [0.2, 0.25) is 0 Å². The average Bonchev–Trinajstić information content (AvgIpc) is 3.42. The van der Waals surface area contributed by atoms with Crippen LogP contribution in [0.4, 0.5) is 0 Å². The average molecular weight is 1070 g/mol. The van der Waals surface area contributed by atoms with Gasteiger partial charge in [0.05, 0.1) is 0 Å². The molecule has 0 fully saturated rings. The van der Waals surface area contributed by atoms with Gasteiger partial charge in [-0.05, 0) is 77.0 Å². The first-order valence-corrected chi connectivity index (χ1v) is 34.0. The molecule has 0 aliphatic rings. The van der Waals surface area contributed by atoms with Crippen LogP contribution in [0.25, 0.3) is 0 Å². The Morgan fingerprint density at radius 3 is 0.750 bits per heavy atom. The minimum atomic E-state index is -0.781. The molecule has 0 aliphatic heterocycles. The maximum atomic E-state index is 12.9. The van der Waals surface area contributed by atoms with E-state index in [0.29, 0.717) is 19.3 Å². The highest BCUT2D eigenvalue weighted by molar-refractivity contribution is 5.71. The van der Waals surface area contributed by atoms with Crippen LogP contribution in [-0.4, -0.2) is 37.2 Å². The third kappa shape index (κ3) is 62.5. The van der Waals surface area contributed by atoms with Crippen LogP contribution in [0.2, 0.25) is 0 Å². The second-order valence-corrected chi connectivity index (χ2v) is 23.1. The van der Waals surface area contributed by atoms with Gasteiger partial charge in [-0.25, -0.2) is 0 Å². The van der Waals surface area contributed by atoms with Crippen LogP contribution in [0.3, 0.4) is 0 Å². The summed E-state index contributed by atoms with van der Waals surface area (Å²) in [5.41, 5.74) is 0. The van der Waals surface area contributed by atoms with Gasteiger partial charge in [0.25, 0.3) is 0 Å². The Labute approximate surface area is 474 Å². The zero-order valence-corrected chi connectivity index (χ0v) is 51.3. The van der Waals surface area contributed by atoms with E-state index in [9.17, 15) is 14.4 Å². The van der Waals surface area contributed by atoms with Crippen LogP contribution in [0, 0.1) is 0 Å². The molecule has 0 bridgehead atoms. The van der Waals surface area contributed by atoms with Crippen molar-refractivity contribution in [3.05, 3.63) is 36.5 Å². The topological polar surface area (TPSA) is 78.9 Å². The maximum Gasteiger partial charge on any atom is 0.306 e. The van der Waals surface area contributed by atoms with Crippen molar-refractivity contribution in [3.63, 3.8) is 0 Å². The smallest absolute Gasteiger partial charge is 0.306 e. The Hall–Kier alpha value is -2.37. The molecule has 0 N–H and O–H groups in total. The monoisotopic (exact) mass is 1070 g/mol. The lowest BCUT2D eigenvalue weighted by atomic mass is 10.0. The van der Waals surface area contributed by atoms with Crippen molar-refractivity contribution in [2.75, 3.05) is 13.2 Å². The van der Waals surface area contributed by atoms with Crippen molar-refractivity contribution >= 4 is 17.9 Å². The lowest BCUT2D eigenvalue weighted by molar-refractivity contribution is -0.167. The van der Waals surface area contributed by atoms with Crippen molar-refractivity contribution in [3.8, 4) is 0 Å². The first-order valence-electron chi connectivity index (χ1n) is 34.0. The molecule has 1 atom stereocenters. The van der Waals surface area contributed by atoms with Crippen molar-refractivity contribution in [2.45, 2.75) is 380 Å². The van der Waals surface area contributed by atoms with Gasteiger partial charge in [-0.1, -0.05) is 314 Å². The van der Waals surface area contributed by atoms with Crippen molar-refractivity contribution in [1.82, 2.24) is 0 Å². The van der Waals surface area contributed by atoms with Crippen molar-refractivity contribution in [2.24, 2.45) is 0 Å². The molecule has 0 saturated heterocycles. The molecule has 0 heterocycles. The minimum absolute atomic E-state index is 0.0765. The van der Waals surface area contributed by atoms with E-state index >= 15 is 0 Å². The number of unbranched alkanes of at least 4 members (excludes halogenated alkanes) is 46. The first kappa shape index (κ1) is 73.6. The highest BCUT2D eigenvalue weighted by Crippen LogP contribution is 2.18. The van der Waals surface area contributed by atoms with Gasteiger partial charge in [-0.15, -0.1) is 0 Å². The molecule has 6 heteroatoms. The SMILES string of the molecule is CCCCCC/C=C\C/C=C\CCCCCCCC(=O)OC(COC(=O)CCCCCCC/C=C\CCCCCC)COC(=O)CCCCCCCCCCCCCCCCCCCCCCCCCCCCCCC. The third-order valence-electron chi connectivity index (χ3n) is 15.4. The summed E-state index contributed by atoms with van der Waals surface area (Å²) >= 11 is 0. The van der Waals surface area contributed by atoms with Gasteiger partial charge in [-0.3, -0.25) is 14.4 Å². The van der Waals surface area contributed by atoms with Gasteiger partial charge in [0.15, 0.2) is 6.10 Å². The molecule has 0 spiro atoms. The number of carbonyl (C=O) groups is 3. The van der Waals surface area contributed by atoms with Crippen LogP contribution in [0.1, 0.15) is 374 Å². The highest BCUT2D eigenvalue weighted by atomic mass is 16.6. The number of rotatable bonds is 63. The number of esters is 3. The largest absolute Gasteiger partial charge is 0.462 e. The fourth-order valence-electron chi connectivity index (χ4n) is 10.2. The molecule has 0 amide bonds. The van der Waals surface area contributed by atoms with E-state index in [1.54, 1.807) is 0 Å². The Morgan fingerprint density at radius 2 is 0.474 bits per heavy atom. The Bertz CT molecular complexity index is 1270. The fraction of sp³-hybridized carbons (Fsp3) is 0.871. The number of carbonyl (C=O) groups excluding carboxylic acids is 3. The molecular formula is C70H130O6. The predicted octanol–water partition coefficient (Wildman–Crippen LogP) is 23.2. The second kappa shape index (κ2) is 65.2. The number of allylic oxidation sites excluding steroid dienone is 6. The van der Waals surface area contributed by atoms with Gasteiger partial charge in [0.1, 0.15) is 13.2 Å². The minimum Gasteiger partial charge on any atom is -0.462 e. The van der Waals surface area contributed by atoms with E-state index < -0.39 is 6.10 Å². The van der Waals surface area contributed by atoms with Gasteiger partial charge >= 0.3 is 17.9 Å². The summed E-state index contributed by atoms with van der Waals surface area (Å²) < 4.78 is 16.9. The van der Waals surface area contributed by atoms with Crippen LogP contribution >= 0.6 is 0 Å². The van der Waals surface area contributed by atoms with Crippen LogP contribution in [0.15, 0.2) is 36.5 Å². The molecular weight excluding hydrogens is 937 g/mol. The van der Waals surface area contributed by atoms with E-state index in [-0.39, 0.29) is 31.1 Å². The van der Waals surface area contributed by atoms with E-state index in [4.69, 9.17) is 14.2 Å². The summed E-state index contributed by atoms with van der Waals surface area (Å²) in [6.07, 6.45) is 80.4. The van der Waals surface area contributed by atoms with Crippen LogP contribution < -0.4 is 0 Å². The molecule has 0 aromatic rings. The zero-order valence-electron chi connectivity index (χ0n) is 51.3. The highest BCUT2D eigenvalue weighted by Gasteiger charge is 2.19. The van der Waals surface area contributed by atoms with E-state index in [1.807, 2.05) is 0 Å². The summed E-state index contributed by atoms with van der Waals surface area (Å²) in [5.74, 6) is -0.877. The third-order valence-corrected chi connectivity index (χ3v) is 15.4. The number of hydrogen-bond acceptors (Lipinski definition) is 6. The molecule has 446 valence electrons. The Kier molecular flexibility index (Phi) is 63.1. The number of ether oxygens (including phenoxy) is 3. The van der Waals surface area contributed by atoms with Crippen molar-refractivity contribution < 1.29 is 28.6 Å². The molecule has 6 nitrogen and oxygen atoms in total. The lowest BCUT2D eigenvalue weighted by Crippen LogP contribution is -2.30. The van der Waals surface area contributed by atoms with Crippen LogP contribution in [-0.2, 0) is 28.6 Å². The molecule has 0 rings (SSSR count). The molecule has 76 heavy (non-hydrogen) atoms. The van der Waals surface area contributed by atoms with E-state index in [1.165, 1.54) is 244 Å². The summed E-state index contributed by atoms with van der Waals surface area (Å²) in [6, 6.07) is 0. The Balaban J connectivity index is 4.16. The number of hydrogen-bond donors (Lipinski definition) is 0. The van der Waals surface area contributed by atoms with Gasteiger partial charge in [-0.2, -0.15) is 0 Å². The second-order valence-electron chi connectivity index (χ2n) is 23.1. The summed E-state index contributed by atoms with van der Waals surface area (Å²) in [6.45, 7) is 6.65. The molecule has 0 radical (unpaired) electrons. The standard InChI is InChI=1S/C70H130O6/c1-4-7-10-13-16-19-22-25-27-29-30-31-32-33-34-35-36-37-38-39-40-41-43-45-48-51-54-57-60-63-69(72)75-66-67(65-74-68(71)62-59-56-53-50-47-44-24-21-18-15-12-9-6-3)76-70(73)64-61-58-55-52-49-46-42-28-26-23-20-17-14-11-8-5-2/h20-21,23-24,28,42,67H,4-19,22,25-27,29-41,43-66H2,1-3H3/b23-20-,24-21-,42-28-. The molecule has 0 aromatic heterocycles. The van der Waals surface area contributed by atoms with E-state index in [0.717, 1.165) is 89.9 Å². The van der Waals surface area contributed by atoms with Crippen LogP contribution in [0.5, 0.6) is 0 Å². The molecule has 1 unspecified atom stereocenters. The predicted molar refractivity (Wildman–Crippen MR) is 330 cm³/mol. The quantitative estimate of drug-likeness (QED) is 0.0261. The first-order chi connectivity index (χ1) is 37.5. The maximum absolute atomic E-state index is 12.9. The lowest BCUT2D eigenvalue weighted by Gasteiger charge is -2.18. The zero-order chi connectivity index (χ0) is 55.0. The molecule has 0 aliphatic carbocycles. The summed E-state index contributed by atoms with van der Waals surface area (Å²) in [7, 11) is 0. The summed E-state index contributed by atoms with van der Waals surface area (Å²) in [5, 5.41) is 0. The summed E-state index contributed by atoms with van der Waals surface area (Å²) in [4.78, 5) is 38.3.